The van der Waals surface area contributed by atoms with Crippen molar-refractivity contribution >= 4 is 5.96 Å². The quantitative estimate of drug-likeness (QED) is 0.428. The summed E-state index contributed by atoms with van der Waals surface area (Å²) in [5, 5.41) is 6.92. The van der Waals surface area contributed by atoms with Crippen molar-refractivity contribution in [3.63, 3.8) is 0 Å². The number of rotatable bonds is 0. The molecular weight excluding hydrogens is 171 g/mol. The topological polar surface area (TPSA) is 53.1 Å². The molecule has 0 amide bonds. The van der Waals surface area contributed by atoms with Crippen molar-refractivity contribution in [1.82, 2.24) is 4.90 Å². The summed E-state index contributed by atoms with van der Waals surface area (Å²) in [5.41, 5.74) is 5.05. The lowest BCUT2D eigenvalue weighted by molar-refractivity contribution is -0.169. The van der Waals surface area contributed by atoms with Gasteiger partial charge in [0.15, 0.2) is 5.96 Å². The lowest BCUT2D eigenvalue weighted by atomic mass is 10.1. The second-order valence-electron chi connectivity index (χ2n) is 2.86. The lowest BCUT2D eigenvalue weighted by Gasteiger charge is -2.17. The van der Waals surface area contributed by atoms with Crippen molar-refractivity contribution < 1.29 is 13.2 Å². The number of nitrogens with zero attached hydrogens (tertiary/aromatic N) is 1. The van der Waals surface area contributed by atoms with Crippen LogP contribution >= 0.6 is 0 Å². The molecule has 0 aromatic carbocycles. The molecule has 3 nitrogen and oxygen atoms in total. The minimum Gasteiger partial charge on any atom is -0.370 e. The first kappa shape index (κ1) is 9.15. The van der Waals surface area contributed by atoms with Crippen LogP contribution in [-0.4, -0.2) is 30.1 Å². The Bertz CT molecular complexity index is 189. The maximum atomic E-state index is 12.1. The maximum Gasteiger partial charge on any atom is 0.393 e. The highest BCUT2D eigenvalue weighted by atomic mass is 19.4. The zero-order valence-electron chi connectivity index (χ0n) is 6.36. The smallest absolute Gasteiger partial charge is 0.370 e. The lowest BCUT2D eigenvalue weighted by Crippen LogP contribution is -2.36. The van der Waals surface area contributed by atoms with Crippen LogP contribution in [0.4, 0.5) is 13.2 Å². The van der Waals surface area contributed by atoms with Gasteiger partial charge >= 0.3 is 6.18 Å². The molecule has 1 fully saturated rings. The first-order valence-electron chi connectivity index (χ1n) is 3.57. The van der Waals surface area contributed by atoms with Gasteiger partial charge in [-0.3, -0.25) is 5.41 Å². The van der Waals surface area contributed by atoms with Gasteiger partial charge in [-0.25, -0.2) is 0 Å². The van der Waals surface area contributed by atoms with Gasteiger partial charge in [0.2, 0.25) is 0 Å². The zero-order chi connectivity index (χ0) is 9.35. The molecule has 0 bridgehead atoms. The predicted octanol–water partition coefficient (Wildman–Crippen LogP) is 0.764. The minimum absolute atomic E-state index is 0.0447. The first-order chi connectivity index (χ1) is 5.41. The number of likely N-dealkylation sites (tertiary alicyclic amines) is 1. The number of nitrogens with two attached hydrogens (primary N) is 1. The second kappa shape index (κ2) is 2.84. The van der Waals surface area contributed by atoms with Crippen LogP contribution in [0.3, 0.4) is 0 Å². The van der Waals surface area contributed by atoms with E-state index in [0.717, 1.165) is 0 Å². The average molecular weight is 181 g/mol. The predicted molar refractivity (Wildman–Crippen MR) is 37.6 cm³/mol. The third-order valence-corrected chi connectivity index (χ3v) is 1.99. The molecule has 0 unspecified atom stereocenters. The molecule has 1 atom stereocenters. The molecule has 1 rings (SSSR count). The molecule has 0 aromatic heterocycles. The molecule has 70 valence electrons. The molecule has 1 aliphatic heterocycles. The van der Waals surface area contributed by atoms with Crippen LogP contribution in [0, 0.1) is 11.3 Å². The number of nitrogens with one attached hydrogen (secondary N) is 1. The van der Waals surface area contributed by atoms with E-state index in [9.17, 15) is 13.2 Å². The van der Waals surface area contributed by atoms with E-state index >= 15 is 0 Å². The van der Waals surface area contributed by atoms with E-state index in [4.69, 9.17) is 11.1 Å². The van der Waals surface area contributed by atoms with Gasteiger partial charge in [-0.05, 0) is 6.42 Å². The normalized spacial score (nSPS) is 24.6. The minimum atomic E-state index is -4.15. The Kier molecular flexibility index (Phi) is 2.16. The van der Waals surface area contributed by atoms with Crippen molar-refractivity contribution in [2.24, 2.45) is 11.7 Å². The molecule has 0 radical (unpaired) electrons. The van der Waals surface area contributed by atoms with Crippen LogP contribution < -0.4 is 5.73 Å². The average Bonchev–Trinajstić information content (AvgIpc) is 2.30. The van der Waals surface area contributed by atoms with Crippen molar-refractivity contribution in [3.05, 3.63) is 0 Å². The highest BCUT2D eigenvalue weighted by Crippen LogP contribution is 2.32. The van der Waals surface area contributed by atoms with Crippen molar-refractivity contribution in [3.8, 4) is 0 Å². The molecule has 0 aliphatic carbocycles. The summed E-state index contributed by atoms with van der Waals surface area (Å²) in [5.74, 6) is -1.59. The van der Waals surface area contributed by atoms with Crippen LogP contribution in [0.25, 0.3) is 0 Å². The van der Waals surface area contributed by atoms with Crippen molar-refractivity contribution in [2.75, 3.05) is 13.1 Å². The molecule has 0 spiro atoms. The molecule has 0 aromatic rings. The van der Waals surface area contributed by atoms with Crippen LogP contribution in [0.15, 0.2) is 0 Å². The zero-order valence-corrected chi connectivity index (χ0v) is 6.36. The van der Waals surface area contributed by atoms with E-state index < -0.39 is 12.1 Å². The van der Waals surface area contributed by atoms with Crippen LogP contribution in [-0.2, 0) is 0 Å². The number of halogens is 3. The molecule has 6 heteroatoms. The fourth-order valence-electron chi connectivity index (χ4n) is 1.25. The molecule has 12 heavy (non-hydrogen) atoms. The molecular formula is C6H10F3N3. The first-order valence-corrected chi connectivity index (χ1v) is 3.57. The number of hydrogen-bond donors (Lipinski definition) is 2. The van der Waals surface area contributed by atoms with Crippen LogP contribution in [0.1, 0.15) is 6.42 Å². The Hall–Kier alpha value is -0.940. The summed E-state index contributed by atoms with van der Waals surface area (Å²) in [6.45, 7) is 0.0678. The summed E-state index contributed by atoms with van der Waals surface area (Å²) in [4.78, 5) is 1.23. The van der Waals surface area contributed by atoms with Gasteiger partial charge in [0.25, 0.3) is 0 Å². The Balaban J connectivity index is 2.51. The largest absolute Gasteiger partial charge is 0.393 e. The van der Waals surface area contributed by atoms with Gasteiger partial charge in [0, 0.05) is 13.1 Å². The van der Waals surface area contributed by atoms with E-state index in [2.05, 4.69) is 0 Å². The SMILES string of the molecule is N=C(N)N1CC[C@H](C(F)(F)F)C1. The molecule has 1 aliphatic rings. The number of hydrogen-bond acceptors (Lipinski definition) is 1. The monoisotopic (exact) mass is 181 g/mol. The Morgan fingerprint density at radius 2 is 2.08 bits per heavy atom. The highest BCUT2D eigenvalue weighted by Gasteiger charge is 2.43. The van der Waals surface area contributed by atoms with Crippen molar-refractivity contribution in [1.29, 1.82) is 5.41 Å². The molecule has 1 heterocycles. The molecule has 0 saturated carbocycles. The third-order valence-electron chi connectivity index (χ3n) is 1.99. The summed E-state index contributed by atoms with van der Waals surface area (Å²) >= 11 is 0. The van der Waals surface area contributed by atoms with E-state index in [-0.39, 0.29) is 25.5 Å². The maximum absolute atomic E-state index is 12.1. The Morgan fingerprint density at radius 3 is 2.33 bits per heavy atom. The second-order valence-corrected chi connectivity index (χ2v) is 2.86. The molecule has 1 saturated heterocycles. The van der Waals surface area contributed by atoms with Crippen molar-refractivity contribution in [2.45, 2.75) is 12.6 Å². The fraction of sp³-hybridized carbons (Fsp3) is 0.833. The van der Waals surface area contributed by atoms with Gasteiger partial charge in [0.1, 0.15) is 0 Å². The van der Waals surface area contributed by atoms with Gasteiger partial charge < -0.3 is 10.6 Å². The number of guanidine groups is 1. The summed E-state index contributed by atoms with van der Waals surface area (Å²) in [7, 11) is 0. The van der Waals surface area contributed by atoms with E-state index in [1.54, 1.807) is 0 Å². The van der Waals surface area contributed by atoms with Gasteiger partial charge in [-0.15, -0.1) is 0 Å². The van der Waals surface area contributed by atoms with E-state index in [1.807, 2.05) is 0 Å². The van der Waals surface area contributed by atoms with Crippen LogP contribution in [0.5, 0.6) is 0 Å². The summed E-state index contributed by atoms with van der Waals surface area (Å²) in [6, 6.07) is 0. The van der Waals surface area contributed by atoms with E-state index in [1.165, 1.54) is 4.90 Å². The third kappa shape index (κ3) is 1.80. The van der Waals surface area contributed by atoms with Gasteiger partial charge in [0.05, 0.1) is 5.92 Å². The Morgan fingerprint density at radius 1 is 1.50 bits per heavy atom. The van der Waals surface area contributed by atoms with E-state index in [0.29, 0.717) is 0 Å². The van der Waals surface area contributed by atoms with Crippen LogP contribution in [0.2, 0.25) is 0 Å². The fourth-order valence-corrected chi connectivity index (χ4v) is 1.25. The Labute approximate surface area is 67.8 Å². The summed E-state index contributed by atoms with van der Waals surface area (Å²) in [6.07, 6.45) is -4.10. The van der Waals surface area contributed by atoms with Gasteiger partial charge in [-0.1, -0.05) is 0 Å². The number of alkyl halides is 3. The standard InChI is InChI=1S/C6H10F3N3/c7-6(8,9)4-1-2-12(3-4)5(10)11/h4H,1-3H2,(H3,10,11)/t4-/m0/s1. The summed E-state index contributed by atoms with van der Waals surface area (Å²) < 4.78 is 36.2. The highest BCUT2D eigenvalue weighted by molar-refractivity contribution is 5.74. The molecule has 3 N–H and O–H groups in total. The van der Waals surface area contributed by atoms with Gasteiger partial charge in [-0.2, -0.15) is 13.2 Å².